The number of carbonyl (C=O) groups excluding carboxylic acids is 1. The van der Waals surface area contributed by atoms with Crippen molar-refractivity contribution < 1.29 is 14.8 Å². The van der Waals surface area contributed by atoms with Gasteiger partial charge in [0.25, 0.3) is 11.6 Å². The van der Waals surface area contributed by atoms with Crippen LogP contribution in [0.2, 0.25) is 5.02 Å². The van der Waals surface area contributed by atoms with E-state index in [0.29, 0.717) is 21.7 Å². The Morgan fingerprint density at radius 1 is 1.25 bits per heavy atom. The molecule has 1 amide bonds. The Hall–Kier alpha value is -2.44. The predicted molar refractivity (Wildman–Crippen MR) is 91.2 cm³/mol. The Morgan fingerprint density at radius 3 is 2.42 bits per heavy atom. The number of aliphatic hydroxyl groups is 1. The third kappa shape index (κ3) is 4.10. The fraction of sp³-hybridized carbons (Fsp3) is 0.235. The molecule has 2 unspecified atom stereocenters. The summed E-state index contributed by atoms with van der Waals surface area (Å²) < 4.78 is 0. The molecule has 126 valence electrons. The number of nitro groups is 1. The minimum absolute atomic E-state index is 0.0409. The van der Waals surface area contributed by atoms with E-state index in [4.69, 9.17) is 11.6 Å². The zero-order valence-electron chi connectivity index (χ0n) is 13.2. The Kier molecular flexibility index (Phi) is 5.54. The number of rotatable bonds is 5. The number of aliphatic hydroxyl groups excluding tert-OH is 1. The van der Waals surface area contributed by atoms with Crippen LogP contribution in [0.4, 0.5) is 5.69 Å². The Balaban J connectivity index is 2.09. The zero-order chi connectivity index (χ0) is 17.9. The first-order chi connectivity index (χ1) is 11.3. The number of hydrogen-bond donors (Lipinski definition) is 2. The molecule has 2 atom stereocenters. The summed E-state index contributed by atoms with van der Waals surface area (Å²) in [4.78, 5) is 22.6. The number of amides is 1. The van der Waals surface area contributed by atoms with Crippen molar-refractivity contribution in [3.8, 4) is 0 Å². The van der Waals surface area contributed by atoms with Gasteiger partial charge in [-0.15, -0.1) is 0 Å². The molecule has 0 bridgehead atoms. The number of halogens is 1. The lowest BCUT2D eigenvalue weighted by Gasteiger charge is -2.21. The minimum Gasteiger partial charge on any atom is -0.386 e. The molecule has 0 fully saturated rings. The lowest BCUT2D eigenvalue weighted by molar-refractivity contribution is -0.385. The SMILES string of the molecule is Cc1cc(C(=O)NC(C)C(O)c2ccc(Cl)cc2)ccc1[N+](=O)[O-]. The van der Waals surface area contributed by atoms with Crippen molar-refractivity contribution in [3.05, 3.63) is 74.3 Å². The van der Waals surface area contributed by atoms with Crippen molar-refractivity contribution >= 4 is 23.2 Å². The van der Waals surface area contributed by atoms with E-state index in [-0.39, 0.29) is 5.69 Å². The van der Waals surface area contributed by atoms with Crippen LogP contribution >= 0.6 is 11.6 Å². The second-order valence-electron chi connectivity index (χ2n) is 5.52. The summed E-state index contributed by atoms with van der Waals surface area (Å²) in [6.07, 6.45) is -0.898. The minimum atomic E-state index is -0.898. The van der Waals surface area contributed by atoms with E-state index < -0.39 is 23.0 Å². The number of nitrogens with one attached hydrogen (secondary N) is 1. The molecule has 2 aromatic carbocycles. The molecule has 0 saturated heterocycles. The fourth-order valence-electron chi connectivity index (χ4n) is 2.32. The highest BCUT2D eigenvalue weighted by atomic mass is 35.5. The number of carbonyl (C=O) groups is 1. The standard InChI is InChI=1S/C17H17ClN2O4/c1-10-9-13(5-8-15(10)20(23)24)17(22)19-11(2)16(21)12-3-6-14(18)7-4-12/h3-9,11,16,21H,1-2H3,(H,19,22). The van der Waals surface area contributed by atoms with E-state index >= 15 is 0 Å². The molecule has 0 aliphatic carbocycles. The molecule has 0 aliphatic heterocycles. The normalized spacial score (nSPS) is 13.2. The van der Waals surface area contributed by atoms with Gasteiger partial charge in [0.2, 0.25) is 0 Å². The quantitative estimate of drug-likeness (QED) is 0.639. The van der Waals surface area contributed by atoms with E-state index in [1.165, 1.54) is 18.2 Å². The Labute approximate surface area is 144 Å². The molecule has 24 heavy (non-hydrogen) atoms. The van der Waals surface area contributed by atoms with Gasteiger partial charge in [-0.25, -0.2) is 0 Å². The van der Waals surface area contributed by atoms with Crippen LogP contribution < -0.4 is 5.32 Å². The van der Waals surface area contributed by atoms with Crippen LogP contribution in [0.15, 0.2) is 42.5 Å². The van der Waals surface area contributed by atoms with Crippen molar-refractivity contribution in [1.82, 2.24) is 5.32 Å². The molecule has 0 radical (unpaired) electrons. The fourth-order valence-corrected chi connectivity index (χ4v) is 2.45. The Bertz CT molecular complexity index is 762. The molecule has 2 rings (SSSR count). The number of hydrogen-bond acceptors (Lipinski definition) is 4. The summed E-state index contributed by atoms with van der Waals surface area (Å²) in [5, 5.41) is 24.4. The maximum absolute atomic E-state index is 12.3. The van der Waals surface area contributed by atoms with Crippen LogP contribution in [0, 0.1) is 17.0 Å². The molecule has 0 aliphatic rings. The van der Waals surface area contributed by atoms with Crippen molar-refractivity contribution in [1.29, 1.82) is 0 Å². The van der Waals surface area contributed by atoms with E-state index in [0.717, 1.165) is 0 Å². The molecule has 2 N–H and O–H groups in total. The summed E-state index contributed by atoms with van der Waals surface area (Å²) in [6, 6.07) is 10.3. The monoisotopic (exact) mass is 348 g/mol. The maximum atomic E-state index is 12.3. The molecule has 0 heterocycles. The molecular weight excluding hydrogens is 332 g/mol. The molecule has 7 heteroatoms. The molecular formula is C17H17ClN2O4. The van der Waals surface area contributed by atoms with Crippen LogP contribution in [0.3, 0.4) is 0 Å². The van der Waals surface area contributed by atoms with Crippen molar-refractivity contribution in [2.75, 3.05) is 0 Å². The van der Waals surface area contributed by atoms with Gasteiger partial charge in [0.15, 0.2) is 0 Å². The molecule has 2 aromatic rings. The van der Waals surface area contributed by atoms with E-state index in [1.54, 1.807) is 38.1 Å². The first-order valence-electron chi connectivity index (χ1n) is 7.29. The van der Waals surface area contributed by atoms with E-state index in [1.807, 2.05) is 0 Å². The zero-order valence-corrected chi connectivity index (χ0v) is 13.9. The smallest absolute Gasteiger partial charge is 0.272 e. The van der Waals surface area contributed by atoms with Crippen molar-refractivity contribution in [2.45, 2.75) is 26.0 Å². The number of nitro benzene ring substituents is 1. The highest BCUT2D eigenvalue weighted by Gasteiger charge is 2.20. The summed E-state index contributed by atoms with van der Waals surface area (Å²) in [5.74, 6) is -0.409. The molecule has 0 saturated carbocycles. The first-order valence-corrected chi connectivity index (χ1v) is 7.67. The highest BCUT2D eigenvalue weighted by molar-refractivity contribution is 6.30. The van der Waals surface area contributed by atoms with Gasteiger partial charge >= 0.3 is 0 Å². The Morgan fingerprint density at radius 2 is 1.88 bits per heavy atom. The van der Waals surface area contributed by atoms with Gasteiger partial charge in [-0.2, -0.15) is 0 Å². The van der Waals surface area contributed by atoms with Crippen molar-refractivity contribution in [3.63, 3.8) is 0 Å². The summed E-state index contributed by atoms with van der Waals surface area (Å²) >= 11 is 5.81. The average molecular weight is 349 g/mol. The van der Waals surface area contributed by atoms with Crippen LogP contribution in [0.1, 0.15) is 34.5 Å². The van der Waals surface area contributed by atoms with Crippen LogP contribution in [0.5, 0.6) is 0 Å². The van der Waals surface area contributed by atoms with Gasteiger partial charge in [-0.05, 0) is 43.7 Å². The maximum Gasteiger partial charge on any atom is 0.272 e. The van der Waals surface area contributed by atoms with Crippen LogP contribution in [-0.4, -0.2) is 22.0 Å². The predicted octanol–water partition coefficient (Wildman–Crippen LogP) is 3.41. The third-order valence-corrected chi connectivity index (χ3v) is 3.95. The van der Waals surface area contributed by atoms with Crippen LogP contribution in [-0.2, 0) is 0 Å². The summed E-state index contributed by atoms with van der Waals surface area (Å²) in [7, 11) is 0. The van der Waals surface area contributed by atoms with E-state index in [9.17, 15) is 20.0 Å². The summed E-state index contributed by atoms with van der Waals surface area (Å²) in [5.41, 5.74) is 1.29. The van der Waals surface area contributed by atoms with Gasteiger partial charge in [-0.1, -0.05) is 23.7 Å². The van der Waals surface area contributed by atoms with Gasteiger partial charge in [0.1, 0.15) is 0 Å². The number of benzene rings is 2. The van der Waals surface area contributed by atoms with Gasteiger partial charge in [0.05, 0.1) is 17.1 Å². The first kappa shape index (κ1) is 17.9. The summed E-state index contributed by atoms with van der Waals surface area (Å²) in [6.45, 7) is 3.25. The lowest BCUT2D eigenvalue weighted by Crippen LogP contribution is -2.37. The van der Waals surface area contributed by atoms with Gasteiger partial charge in [-0.3, -0.25) is 14.9 Å². The van der Waals surface area contributed by atoms with Crippen LogP contribution in [0.25, 0.3) is 0 Å². The molecule has 6 nitrogen and oxygen atoms in total. The highest BCUT2D eigenvalue weighted by Crippen LogP contribution is 2.21. The third-order valence-electron chi connectivity index (χ3n) is 3.70. The van der Waals surface area contributed by atoms with Crippen molar-refractivity contribution in [2.24, 2.45) is 0 Å². The topological polar surface area (TPSA) is 92.5 Å². The van der Waals surface area contributed by atoms with E-state index in [2.05, 4.69) is 5.32 Å². The van der Waals surface area contributed by atoms with Gasteiger partial charge in [0, 0.05) is 22.2 Å². The number of aryl methyl sites for hydroxylation is 1. The van der Waals surface area contributed by atoms with Gasteiger partial charge < -0.3 is 10.4 Å². The lowest BCUT2D eigenvalue weighted by atomic mass is 10.0. The average Bonchev–Trinajstić information content (AvgIpc) is 2.54. The second kappa shape index (κ2) is 7.42. The second-order valence-corrected chi connectivity index (χ2v) is 5.95. The molecule has 0 spiro atoms. The number of nitrogens with zero attached hydrogens (tertiary/aromatic N) is 1. The largest absolute Gasteiger partial charge is 0.386 e. The molecule has 0 aromatic heterocycles.